The first-order valence-corrected chi connectivity index (χ1v) is 6.64. The van der Waals surface area contributed by atoms with E-state index >= 15 is 0 Å². The van der Waals surface area contributed by atoms with E-state index in [1.807, 2.05) is 31.2 Å². The van der Waals surface area contributed by atoms with Gasteiger partial charge in [-0.1, -0.05) is 34.1 Å². The van der Waals surface area contributed by atoms with Crippen LogP contribution in [0.1, 0.15) is 21.5 Å². The number of carbonyl (C=O) groups excluding carboxylic acids is 1. The highest BCUT2D eigenvalue weighted by molar-refractivity contribution is 9.10. The van der Waals surface area contributed by atoms with E-state index in [-0.39, 0.29) is 12.6 Å². The quantitative estimate of drug-likeness (QED) is 0.693. The molecule has 0 aliphatic carbocycles. The Morgan fingerprint density at radius 2 is 2.00 bits per heavy atom. The van der Waals surface area contributed by atoms with E-state index in [0.29, 0.717) is 11.3 Å². The summed E-state index contributed by atoms with van der Waals surface area (Å²) in [4.78, 5) is 12.0. The molecule has 0 saturated heterocycles. The lowest BCUT2D eigenvalue weighted by molar-refractivity contribution is 0.0472. The van der Waals surface area contributed by atoms with Crippen molar-refractivity contribution in [2.75, 3.05) is 5.73 Å². The molecule has 0 radical (unpaired) electrons. The van der Waals surface area contributed by atoms with E-state index in [4.69, 9.17) is 10.5 Å². The van der Waals surface area contributed by atoms with Gasteiger partial charge in [0.2, 0.25) is 0 Å². The van der Waals surface area contributed by atoms with Crippen LogP contribution in [0.15, 0.2) is 46.9 Å². The van der Waals surface area contributed by atoms with E-state index in [9.17, 15) is 4.79 Å². The lowest BCUT2D eigenvalue weighted by Gasteiger charge is -2.09. The summed E-state index contributed by atoms with van der Waals surface area (Å²) in [5, 5.41) is 0. The Morgan fingerprint density at radius 3 is 2.74 bits per heavy atom. The highest BCUT2D eigenvalue weighted by atomic mass is 79.9. The van der Waals surface area contributed by atoms with Gasteiger partial charge in [0.1, 0.15) is 6.61 Å². The van der Waals surface area contributed by atoms with Crippen LogP contribution in [0.25, 0.3) is 0 Å². The molecule has 0 aliphatic heterocycles. The van der Waals surface area contributed by atoms with Crippen LogP contribution in [-0.4, -0.2) is 5.97 Å². The number of benzene rings is 2. The molecule has 3 nitrogen and oxygen atoms in total. The van der Waals surface area contributed by atoms with E-state index in [0.717, 1.165) is 15.6 Å². The second-order valence-corrected chi connectivity index (χ2v) is 5.14. The lowest BCUT2D eigenvalue weighted by atomic mass is 10.1. The predicted octanol–water partition coefficient (Wildman–Crippen LogP) is 3.70. The van der Waals surface area contributed by atoms with Crippen LogP contribution in [0.5, 0.6) is 0 Å². The SMILES string of the molecule is Cc1c(N)cccc1C(=O)OCc1cccc(Br)c1. The minimum atomic E-state index is -0.357. The summed E-state index contributed by atoms with van der Waals surface area (Å²) in [5.74, 6) is -0.357. The van der Waals surface area contributed by atoms with Crippen molar-refractivity contribution >= 4 is 27.6 Å². The summed E-state index contributed by atoms with van der Waals surface area (Å²) < 4.78 is 6.25. The van der Waals surface area contributed by atoms with Gasteiger partial charge >= 0.3 is 5.97 Å². The van der Waals surface area contributed by atoms with Crippen LogP contribution in [0, 0.1) is 6.92 Å². The third kappa shape index (κ3) is 3.35. The number of carbonyl (C=O) groups is 1. The summed E-state index contributed by atoms with van der Waals surface area (Å²) in [6, 6.07) is 12.9. The van der Waals surface area contributed by atoms with Gasteiger partial charge in [0.15, 0.2) is 0 Å². The summed E-state index contributed by atoms with van der Waals surface area (Å²) in [6.45, 7) is 2.05. The van der Waals surface area contributed by atoms with Crippen molar-refractivity contribution in [1.29, 1.82) is 0 Å². The Morgan fingerprint density at radius 1 is 1.26 bits per heavy atom. The summed E-state index contributed by atoms with van der Waals surface area (Å²) in [7, 11) is 0. The van der Waals surface area contributed by atoms with Crippen LogP contribution in [0.4, 0.5) is 5.69 Å². The predicted molar refractivity (Wildman–Crippen MR) is 78.9 cm³/mol. The molecule has 0 aromatic heterocycles. The molecule has 2 aromatic rings. The third-order valence-corrected chi connectivity index (χ3v) is 3.35. The molecule has 4 heteroatoms. The summed E-state index contributed by atoms with van der Waals surface area (Å²) >= 11 is 3.38. The Hall–Kier alpha value is -1.81. The zero-order valence-electron chi connectivity index (χ0n) is 10.5. The fourth-order valence-corrected chi connectivity index (χ4v) is 2.17. The molecule has 0 fully saturated rings. The average molecular weight is 320 g/mol. The third-order valence-electron chi connectivity index (χ3n) is 2.85. The zero-order chi connectivity index (χ0) is 13.8. The number of anilines is 1. The Bertz CT molecular complexity index is 611. The Labute approximate surface area is 120 Å². The smallest absolute Gasteiger partial charge is 0.338 e. The van der Waals surface area contributed by atoms with Crippen LogP contribution < -0.4 is 5.73 Å². The first-order valence-electron chi connectivity index (χ1n) is 5.84. The maximum absolute atomic E-state index is 12.0. The van der Waals surface area contributed by atoms with Crippen LogP contribution in [0.3, 0.4) is 0 Å². The number of ether oxygens (including phenoxy) is 1. The molecule has 0 atom stereocenters. The molecular formula is C15H14BrNO2. The van der Waals surface area contributed by atoms with Crippen molar-refractivity contribution in [1.82, 2.24) is 0 Å². The fourth-order valence-electron chi connectivity index (χ4n) is 1.73. The lowest BCUT2D eigenvalue weighted by Crippen LogP contribution is -2.08. The second-order valence-electron chi connectivity index (χ2n) is 4.23. The molecule has 0 amide bonds. The number of halogens is 1. The topological polar surface area (TPSA) is 52.3 Å². The standard InChI is InChI=1S/C15H14BrNO2/c1-10-13(6-3-7-14(10)17)15(18)19-9-11-4-2-5-12(16)8-11/h2-8H,9,17H2,1H3. The van der Waals surface area contributed by atoms with Crippen molar-refractivity contribution in [3.8, 4) is 0 Å². The molecule has 2 rings (SSSR count). The number of esters is 1. The second kappa shape index (κ2) is 5.89. The molecule has 98 valence electrons. The number of rotatable bonds is 3. The van der Waals surface area contributed by atoms with Crippen molar-refractivity contribution in [3.63, 3.8) is 0 Å². The molecule has 0 aliphatic rings. The maximum Gasteiger partial charge on any atom is 0.338 e. The first-order chi connectivity index (χ1) is 9.08. The highest BCUT2D eigenvalue weighted by Crippen LogP contribution is 2.18. The molecule has 2 aromatic carbocycles. The minimum Gasteiger partial charge on any atom is -0.457 e. The number of nitrogens with two attached hydrogens (primary N) is 1. The molecule has 19 heavy (non-hydrogen) atoms. The van der Waals surface area contributed by atoms with Crippen LogP contribution in [0.2, 0.25) is 0 Å². The molecular weight excluding hydrogens is 306 g/mol. The molecule has 0 heterocycles. The van der Waals surface area contributed by atoms with Gasteiger partial charge in [-0.2, -0.15) is 0 Å². The molecule has 0 bridgehead atoms. The van der Waals surface area contributed by atoms with E-state index in [1.54, 1.807) is 18.2 Å². The Balaban J connectivity index is 2.08. The van der Waals surface area contributed by atoms with Gasteiger partial charge in [0.05, 0.1) is 5.56 Å². The number of hydrogen-bond donors (Lipinski definition) is 1. The fraction of sp³-hybridized carbons (Fsp3) is 0.133. The monoisotopic (exact) mass is 319 g/mol. The summed E-state index contributed by atoms with van der Waals surface area (Å²) in [6.07, 6.45) is 0. The van der Waals surface area contributed by atoms with E-state index in [1.165, 1.54) is 0 Å². The Kier molecular flexibility index (Phi) is 4.22. The molecule has 2 N–H and O–H groups in total. The van der Waals surface area contributed by atoms with Gasteiger partial charge in [-0.3, -0.25) is 0 Å². The van der Waals surface area contributed by atoms with Crippen molar-refractivity contribution in [2.45, 2.75) is 13.5 Å². The normalized spacial score (nSPS) is 10.2. The van der Waals surface area contributed by atoms with Gasteiger partial charge in [-0.05, 0) is 42.3 Å². The largest absolute Gasteiger partial charge is 0.457 e. The number of hydrogen-bond acceptors (Lipinski definition) is 3. The van der Waals surface area contributed by atoms with Gasteiger partial charge in [-0.15, -0.1) is 0 Å². The minimum absolute atomic E-state index is 0.243. The summed E-state index contributed by atoms with van der Waals surface area (Å²) in [5.41, 5.74) is 8.56. The number of nitrogen functional groups attached to an aromatic ring is 1. The zero-order valence-corrected chi connectivity index (χ0v) is 12.1. The van der Waals surface area contributed by atoms with Crippen LogP contribution >= 0.6 is 15.9 Å². The molecule has 0 unspecified atom stereocenters. The van der Waals surface area contributed by atoms with Gasteiger partial charge in [0, 0.05) is 10.2 Å². The van der Waals surface area contributed by atoms with Gasteiger partial charge in [0.25, 0.3) is 0 Å². The molecule has 0 saturated carbocycles. The van der Waals surface area contributed by atoms with E-state index in [2.05, 4.69) is 15.9 Å². The maximum atomic E-state index is 12.0. The average Bonchev–Trinajstić information content (AvgIpc) is 2.39. The van der Waals surface area contributed by atoms with Crippen LogP contribution in [-0.2, 0) is 11.3 Å². The highest BCUT2D eigenvalue weighted by Gasteiger charge is 2.11. The first kappa shape index (κ1) is 13.6. The van der Waals surface area contributed by atoms with Crippen molar-refractivity contribution < 1.29 is 9.53 Å². The van der Waals surface area contributed by atoms with Crippen molar-refractivity contribution in [3.05, 3.63) is 63.6 Å². The van der Waals surface area contributed by atoms with Gasteiger partial charge in [-0.25, -0.2) is 4.79 Å². The van der Waals surface area contributed by atoms with Gasteiger partial charge < -0.3 is 10.5 Å². The van der Waals surface area contributed by atoms with Crippen molar-refractivity contribution in [2.24, 2.45) is 0 Å². The van der Waals surface area contributed by atoms with E-state index < -0.39 is 0 Å². The molecule has 0 spiro atoms.